The van der Waals surface area contributed by atoms with E-state index < -0.39 is 5.97 Å². The lowest BCUT2D eigenvalue weighted by atomic mass is 10.2. The molecule has 7 heteroatoms. The highest BCUT2D eigenvalue weighted by Crippen LogP contribution is 2.26. The number of carbonyl (C=O) groups is 1. The lowest BCUT2D eigenvalue weighted by Gasteiger charge is -2.11. The zero-order chi connectivity index (χ0) is 22.3. The van der Waals surface area contributed by atoms with Gasteiger partial charge in [-0.1, -0.05) is 35.9 Å². The minimum Gasteiger partial charge on any atom is -0.493 e. The predicted octanol–water partition coefficient (Wildman–Crippen LogP) is 5.15. The van der Waals surface area contributed by atoms with Crippen LogP contribution in [0.2, 0.25) is 5.02 Å². The number of ether oxygens (including phenoxy) is 4. The summed E-state index contributed by atoms with van der Waals surface area (Å²) in [6.45, 7) is 0.700. The van der Waals surface area contributed by atoms with Crippen molar-refractivity contribution in [3.8, 4) is 17.2 Å². The van der Waals surface area contributed by atoms with Gasteiger partial charge in [0.2, 0.25) is 5.90 Å². The van der Waals surface area contributed by atoms with Crippen LogP contribution in [0.15, 0.2) is 83.5 Å². The molecule has 0 radical (unpaired) electrons. The highest BCUT2D eigenvalue weighted by molar-refractivity contribution is 6.30. The number of carbonyl (C=O) groups excluding carboxylic acids is 1. The Balaban J connectivity index is 1.39. The molecular weight excluding hydrogens is 430 g/mol. The van der Waals surface area contributed by atoms with Gasteiger partial charge < -0.3 is 18.9 Å². The fourth-order valence-corrected chi connectivity index (χ4v) is 3.15. The lowest BCUT2D eigenvalue weighted by Crippen LogP contribution is -2.09. The Morgan fingerprint density at radius 1 is 0.938 bits per heavy atom. The standard InChI is InChI=1S/C25H20ClNO5/c1-29-22-7-2-3-8-23(22)31-14-13-30-20-6-4-5-17(15-20)16-21-25(28)32-24(27-21)18-9-11-19(26)12-10-18/h2-12,15-16H,13-14H2,1H3. The molecule has 0 aromatic heterocycles. The molecule has 0 aliphatic carbocycles. The third-order valence-corrected chi connectivity index (χ3v) is 4.80. The fraction of sp³-hybridized carbons (Fsp3) is 0.120. The molecule has 0 amide bonds. The number of halogens is 1. The third-order valence-electron chi connectivity index (χ3n) is 4.55. The summed E-state index contributed by atoms with van der Waals surface area (Å²) < 4.78 is 22.0. The number of aliphatic imine (C=N–C) groups is 1. The summed E-state index contributed by atoms with van der Waals surface area (Å²) in [5.41, 5.74) is 1.66. The van der Waals surface area contributed by atoms with E-state index in [-0.39, 0.29) is 11.6 Å². The maximum absolute atomic E-state index is 12.2. The van der Waals surface area contributed by atoms with E-state index in [1.165, 1.54) is 0 Å². The van der Waals surface area contributed by atoms with Crippen LogP contribution in [0.5, 0.6) is 17.2 Å². The Morgan fingerprint density at radius 3 is 2.47 bits per heavy atom. The number of methoxy groups -OCH3 is 1. The van der Waals surface area contributed by atoms with Gasteiger partial charge in [0.05, 0.1) is 7.11 Å². The average Bonchev–Trinajstić information content (AvgIpc) is 3.17. The Bertz CT molecular complexity index is 1170. The van der Waals surface area contributed by atoms with Crippen LogP contribution in [0.3, 0.4) is 0 Å². The number of cyclic esters (lactones) is 1. The first-order chi connectivity index (χ1) is 15.6. The van der Waals surface area contributed by atoms with E-state index in [0.29, 0.717) is 41.0 Å². The lowest BCUT2D eigenvalue weighted by molar-refractivity contribution is -0.129. The number of benzene rings is 3. The quantitative estimate of drug-likeness (QED) is 0.270. The second-order valence-corrected chi connectivity index (χ2v) is 7.20. The Morgan fingerprint density at radius 2 is 1.69 bits per heavy atom. The first kappa shape index (κ1) is 21.5. The fourth-order valence-electron chi connectivity index (χ4n) is 3.03. The van der Waals surface area contributed by atoms with Crippen LogP contribution in [-0.4, -0.2) is 32.2 Å². The van der Waals surface area contributed by atoms with E-state index in [0.717, 1.165) is 5.56 Å². The predicted molar refractivity (Wildman–Crippen MR) is 122 cm³/mol. The maximum Gasteiger partial charge on any atom is 0.363 e. The van der Waals surface area contributed by atoms with Gasteiger partial charge >= 0.3 is 5.97 Å². The highest BCUT2D eigenvalue weighted by atomic mass is 35.5. The van der Waals surface area contributed by atoms with Crippen LogP contribution in [0.1, 0.15) is 11.1 Å². The van der Waals surface area contributed by atoms with Crippen LogP contribution in [0, 0.1) is 0 Å². The molecule has 3 aromatic rings. The topological polar surface area (TPSA) is 66.3 Å². The van der Waals surface area contributed by atoms with Crippen LogP contribution in [-0.2, 0) is 9.53 Å². The highest BCUT2D eigenvalue weighted by Gasteiger charge is 2.24. The molecule has 1 aliphatic rings. The van der Waals surface area contributed by atoms with E-state index in [9.17, 15) is 4.79 Å². The van der Waals surface area contributed by atoms with Crippen molar-refractivity contribution < 1.29 is 23.7 Å². The zero-order valence-corrected chi connectivity index (χ0v) is 18.0. The molecule has 3 aromatic carbocycles. The Hall–Kier alpha value is -3.77. The van der Waals surface area contributed by atoms with Gasteiger partial charge in [-0.05, 0) is 60.2 Å². The smallest absolute Gasteiger partial charge is 0.363 e. The Labute approximate surface area is 190 Å². The van der Waals surface area contributed by atoms with E-state index in [2.05, 4.69) is 4.99 Å². The van der Waals surface area contributed by atoms with Gasteiger partial charge in [0, 0.05) is 10.6 Å². The summed E-state index contributed by atoms with van der Waals surface area (Å²) in [6.07, 6.45) is 1.66. The van der Waals surface area contributed by atoms with E-state index in [1.54, 1.807) is 37.5 Å². The van der Waals surface area contributed by atoms with Crippen molar-refractivity contribution in [2.75, 3.05) is 20.3 Å². The summed E-state index contributed by atoms with van der Waals surface area (Å²) in [5.74, 6) is 1.72. The number of hydrogen-bond donors (Lipinski definition) is 0. The molecule has 0 bridgehead atoms. The molecule has 162 valence electrons. The summed E-state index contributed by atoms with van der Waals surface area (Å²) in [7, 11) is 1.60. The number of esters is 1. The number of para-hydroxylation sites is 2. The molecule has 0 saturated carbocycles. The van der Waals surface area contributed by atoms with Crippen LogP contribution >= 0.6 is 11.6 Å². The minimum atomic E-state index is -0.508. The molecule has 0 fully saturated rings. The van der Waals surface area contributed by atoms with Gasteiger partial charge in [0.25, 0.3) is 0 Å². The van der Waals surface area contributed by atoms with Crippen molar-refractivity contribution >= 4 is 29.5 Å². The number of hydrogen-bond acceptors (Lipinski definition) is 6. The van der Waals surface area contributed by atoms with Crippen LogP contribution in [0.25, 0.3) is 6.08 Å². The molecular formula is C25H20ClNO5. The van der Waals surface area contributed by atoms with Crippen molar-refractivity contribution in [1.82, 2.24) is 0 Å². The van der Waals surface area contributed by atoms with Gasteiger partial charge in [0.1, 0.15) is 19.0 Å². The normalized spacial score (nSPS) is 14.1. The molecule has 0 N–H and O–H groups in total. The average molecular weight is 450 g/mol. The van der Waals surface area contributed by atoms with Crippen molar-refractivity contribution in [2.24, 2.45) is 4.99 Å². The van der Waals surface area contributed by atoms with Gasteiger partial charge in [-0.2, -0.15) is 0 Å². The Kier molecular flexibility index (Phi) is 6.72. The molecule has 4 rings (SSSR count). The van der Waals surface area contributed by atoms with Crippen LogP contribution < -0.4 is 14.2 Å². The van der Waals surface area contributed by atoms with Crippen molar-refractivity contribution in [2.45, 2.75) is 0 Å². The first-order valence-corrected chi connectivity index (χ1v) is 10.3. The second kappa shape index (κ2) is 10.0. The summed E-state index contributed by atoms with van der Waals surface area (Å²) in [5, 5.41) is 0.597. The van der Waals surface area contributed by atoms with E-state index in [1.807, 2.05) is 48.5 Å². The van der Waals surface area contributed by atoms with Gasteiger partial charge in [-0.15, -0.1) is 0 Å². The number of nitrogens with zero attached hydrogens (tertiary/aromatic N) is 1. The van der Waals surface area contributed by atoms with E-state index >= 15 is 0 Å². The molecule has 0 atom stereocenters. The maximum atomic E-state index is 12.2. The van der Waals surface area contributed by atoms with Gasteiger partial charge in [-0.3, -0.25) is 0 Å². The van der Waals surface area contributed by atoms with Crippen molar-refractivity contribution in [3.05, 3.63) is 94.6 Å². The van der Waals surface area contributed by atoms with Crippen molar-refractivity contribution in [3.63, 3.8) is 0 Å². The molecule has 0 saturated heterocycles. The SMILES string of the molecule is COc1ccccc1OCCOc1cccc(C=C2N=C(c3ccc(Cl)cc3)OC2=O)c1. The second-order valence-electron chi connectivity index (χ2n) is 6.76. The van der Waals surface area contributed by atoms with E-state index in [4.69, 9.17) is 30.5 Å². The summed E-state index contributed by atoms with van der Waals surface area (Å²) in [4.78, 5) is 16.5. The largest absolute Gasteiger partial charge is 0.493 e. The summed E-state index contributed by atoms with van der Waals surface area (Å²) >= 11 is 5.90. The van der Waals surface area contributed by atoms with Crippen LogP contribution in [0.4, 0.5) is 0 Å². The third kappa shape index (κ3) is 5.28. The molecule has 0 unspecified atom stereocenters. The van der Waals surface area contributed by atoms with Gasteiger partial charge in [0.15, 0.2) is 17.2 Å². The number of rotatable bonds is 8. The molecule has 0 spiro atoms. The monoisotopic (exact) mass is 449 g/mol. The zero-order valence-electron chi connectivity index (χ0n) is 17.3. The molecule has 32 heavy (non-hydrogen) atoms. The van der Waals surface area contributed by atoms with Gasteiger partial charge in [-0.25, -0.2) is 9.79 Å². The van der Waals surface area contributed by atoms with Crippen molar-refractivity contribution in [1.29, 1.82) is 0 Å². The first-order valence-electron chi connectivity index (χ1n) is 9.89. The molecule has 6 nitrogen and oxygen atoms in total. The summed E-state index contributed by atoms with van der Waals surface area (Å²) in [6, 6.07) is 21.7. The molecule has 1 aliphatic heterocycles. The molecule has 1 heterocycles. The minimum absolute atomic E-state index is 0.214.